The molecule has 0 atom stereocenters. The summed E-state index contributed by atoms with van der Waals surface area (Å²) in [5, 5.41) is 11.0. The third-order valence-electron chi connectivity index (χ3n) is 4.54. The highest BCUT2D eigenvalue weighted by molar-refractivity contribution is 14.2. The molecule has 0 amide bonds. The molecule has 1 aromatic carbocycles. The molecule has 0 spiro atoms. The van der Waals surface area contributed by atoms with E-state index >= 15 is 0 Å². The van der Waals surface area contributed by atoms with Crippen LogP contribution in [0.4, 0.5) is 0 Å². The average Bonchev–Trinajstić information content (AvgIpc) is 2.60. The van der Waals surface area contributed by atoms with Crippen molar-refractivity contribution in [2.75, 3.05) is 13.2 Å². The zero-order valence-electron chi connectivity index (χ0n) is 12.4. The maximum absolute atomic E-state index is 11.0. The number of halogens is 2. The third kappa shape index (κ3) is 5.45. The topological polar surface area (TPSA) is 55.8 Å². The van der Waals surface area contributed by atoms with Crippen molar-refractivity contribution in [3.05, 3.63) is 35.4 Å². The summed E-state index contributed by atoms with van der Waals surface area (Å²) in [7, 11) is 2.68. The maximum Gasteiger partial charge on any atom is 0.150 e. The van der Waals surface area contributed by atoms with Gasteiger partial charge in [0.15, 0.2) is 0 Å². The van der Waals surface area contributed by atoms with Crippen molar-refractivity contribution in [3.63, 3.8) is 0 Å². The summed E-state index contributed by atoms with van der Waals surface area (Å²) in [6.45, 7) is 1.25. The first-order valence-corrected chi connectivity index (χ1v) is 13.7. The van der Waals surface area contributed by atoms with Crippen LogP contribution in [0.2, 0.25) is 0 Å². The van der Waals surface area contributed by atoms with Gasteiger partial charge in [-0.3, -0.25) is 4.79 Å². The van der Waals surface area contributed by atoms with Gasteiger partial charge in [-0.25, -0.2) is 0 Å². The van der Waals surface area contributed by atoms with Crippen LogP contribution >= 0.6 is 60.8 Å². The predicted octanol–water partition coefficient (Wildman–Crippen LogP) is 5.28. The Labute approximate surface area is 169 Å². The SMILES string of the molecule is O=Cc1ccc(C2(O)CCC(COSI)(COSI)CC2)cc1. The number of hydrogen-bond donors (Lipinski definition) is 1. The lowest BCUT2D eigenvalue weighted by Crippen LogP contribution is -2.41. The summed E-state index contributed by atoms with van der Waals surface area (Å²) in [6.07, 6.45) is 3.83. The van der Waals surface area contributed by atoms with E-state index in [0.717, 1.165) is 24.7 Å². The monoisotopic (exact) mass is 580 g/mol. The Morgan fingerprint density at radius 3 is 2.00 bits per heavy atom. The molecule has 1 aromatic rings. The summed E-state index contributed by atoms with van der Waals surface area (Å²) in [5.41, 5.74) is 0.623. The second-order valence-electron chi connectivity index (χ2n) is 5.92. The molecule has 1 saturated carbocycles. The van der Waals surface area contributed by atoms with Crippen LogP contribution in [0.25, 0.3) is 0 Å². The first-order valence-electron chi connectivity index (χ1n) is 7.16. The van der Waals surface area contributed by atoms with Crippen LogP contribution < -0.4 is 0 Å². The van der Waals surface area contributed by atoms with Crippen LogP contribution in [0.5, 0.6) is 0 Å². The number of hydrogen-bond acceptors (Lipinski definition) is 6. The predicted molar refractivity (Wildman–Crippen MR) is 112 cm³/mol. The minimum Gasteiger partial charge on any atom is -0.385 e. The molecular weight excluding hydrogens is 562 g/mol. The number of rotatable bonds is 8. The number of aliphatic hydroxyl groups is 1. The van der Waals surface area contributed by atoms with E-state index < -0.39 is 5.60 Å². The number of carbonyl (C=O) groups excluding carboxylic acids is 1. The normalized spacial score (nSPS) is 19.4. The number of carbonyl (C=O) groups is 1. The Morgan fingerprint density at radius 2 is 1.57 bits per heavy atom. The Hall–Kier alpha value is 0.930. The Morgan fingerprint density at radius 1 is 1.04 bits per heavy atom. The highest BCUT2D eigenvalue weighted by atomic mass is 127. The molecule has 0 aliphatic heterocycles. The molecule has 0 unspecified atom stereocenters. The zero-order chi connectivity index (χ0) is 16.8. The second kappa shape index (κ2) is 9.58. The van der Waals surface area contributed by atoms with Gasteiger partial charge in [0.1, 0.15) is 6.29 Å². The van der Waals surface area contributed by atoms with Crippen molar-refractivity contribution in [2.45, 2.75) is 31.3 Å². The van der Waals surface area contributed by atoms with Crippen molar-refractivity contribution in [3.8, 4) is 0 Å². The van der Waals surface area contributed by atoms with Crippen molar-refractivity contribution < 1.29 is 18.3 Å². The summed E-state index contributed by atoms with van der Waals surface area (Å²) >= 11 is 4.24. The lowest BCUT2D eigenvalue weighted by molar-refractivity contribution is -0.0594. The molecule has 2 rings (SSSR count). The standard InChI is InChI=1S/C15H18I2O4S2/c16-22-20-10-14(11-21-23-17)5-7-15(19,8-6-14)13-3-1-12(9-18)2-4-13/h1-4,9,19H,5-8,10-11H2. The van der Waals surface area contributed by atoms with Gasteiger partial charge in [0.2, 0.25) is 0 Å². The smallest absolute Gasteiger partial charge is 0.150 e. The highest BCUT2D eigenvalue weighted by Crippen LogP contribution is 2.47. The van der Waals surface area contributed by atoms with E-state index in [1.54, 1.807) is 12.1 Å². The van der Waals surface area contributed by atoms with E-state index in [0.29, 0.717) is 31.6 Å². The molecule has 1 fully saturated rings. The van der Waals surface area contributed by atoms with Crippen molar-refractivity contribution in [1.29, 1.82) is 0 Å². The van der Waals surface area contributed by atoms with Gasteiger partial charge in [0.05, 0.1) is 37.2 Å². The largest absolute Gasteiger partial charge is 0.385 e. The van der Waals surface area contributed by atoms with Gasteiger partial charge < -0.3 is 13.5 Å². The first kappa shape index (κ1) is 20.2. The molecule has 1 aliphatic carbocycles. The molecule has 0 radical (unpaired) electrons. The molecule has 23 heavy (non-hydrogen) atoms. The minimum atomic E-state index is -0.833. The van der Waals surface area contributed by atoms with Crippen LogP contribution in [-0.2, 0) is 14.0 Å². The van der Waals surface area contributed by atoms with Crippen LogP contribution in [0, 0.1) is 5.41 Å². The van der Waals surface area contributed by atoms with E-state index in [2.05, 4.69) is 42.4 Å². The molecule has 0 aromatic heterocycles. The van der Waals surface area contributed by atoms with Crippen molar-refractivity contribution in [2.24, 2.45) is 5.41 Å². The molecule has 1 aliphatic rings. The van der Waals surface area contributed by atoms with E-state index in [1.165, 1.54) is 18.4 Å². The van der Waals surface area contributed by atoms with Crippen LogP contribution in [0.3, 0.4) is 0 Å². The summed E-state index contributed by atoms with van der Waals surface area (Å²) in [4.78, 5) is 10.8. The van der Waals surface area contributed by atoms with E-state index in [4.69, 9.17) is 8.37 Å². The fourth-order valence-electron chi connectivity index (χ4n) is 2.98. The molecule has 0 bridgehead atoms. The van der Waals surface area contributed by atoms with Gasteiger partial charge in [0.25, 0.3) is 0 Å². The van der Waals surface area contributed by atoms with E-state index in [-0.39, 0.29) is 5.41 Å². The van der Waals surface area contributed by atoms with Crippen molar-refractivity contribution >= 4 is 67.1 Å². The molecule has 0 heterocycles. The zero-order valence-corrected chi connectivity index (χ0v) is 18.3. The van der Waals surface area contributed by atoms with Gasteiger partial charge in [-0.1, -0.05) is 24.3 Å². The Balaban J connectivity index is 2.07. The maximum atomic E-state index is 11.0. The molecule has 0 saturated heterocycles. The lowest BCUT2D eigenvalue weighted by atomic mass is 9.67. The molecule has 8 heteroatoms. The number of aldehydes is 1. The van der Waals surface area contributed by atoms with Crippen LogP contribution in [0.1, 0.15) is 41.6 Å². The fraction of sp³-hybridized carbons (Fsp3) is 0.533. The quantitative estimate of drug-likeness (QED) is 0.257. The van der Waals surface area contributed by atoms with Gasteiger partial charge >= 0.3 is 0 Å². The lowest BCUT2D eigenvalue weighted by Gasteiger charge is -2.43. The second-order valence-corrected chi connectivity index (χ2v) is 8.80. The van der Waals surface area contributed by atoms with Crippen molar-refractivity contribution in [1.82, 2.24) is 0 Å². The minimum absolute atomic E-state index is 0.0503. The molecule has 1 N–H and O–H groups in total. The summed E-state index contributed by atoms with van der Waals surface area (Å²) < 4.78 is 11.1. The first-order chi connectivity index (χ1) is 11.1. The van der Waals surface area contributed by atoms with Gasteiger partial charge in [-0.2, -0.15) is 0 Å². The average molecular weight is 580 g/mol. The van der Waals surface area contributed by atoms with Crippen LogP contribution in [-0.4, -0.2) is 24.6 Å². The van der Waals surface area contributed by atoms with Crippen LogP contribution in [0.15, 0.2) is 24.3 Å². The van der Waals surface area contributed by atoms with E-state index in [9.17, 15) is 9.90 Å². The number of benzene rings is 1. The highest BCUT2D eigenvalue weighted by Gasteiger charge is 2.43. The molecule has 128 valence electrons. The molecule has 4 nitrogen and oxygen atoms in total. The van der Waals surface area contributed by atoms with Gasteiger partial charge in [-0.15, -0.1) is 0 Å². The Kier molecular flexibility index (Phi) is 8.43. The summed E-state index contributed by atoms with van der Waals surface area (Å²) in [5.74, 6) is 0. The van der Waals surface area contributed by atoms with E-state index in [1.807, 2.05) is 12.1 Å². The van der Waals surface area contributed by atoms with Gasteiger partial charge in [0, 0.05) is 53.4 Å². The Bertz CT molecular complexity index is 495. The fourth-order valence-corrected chi connectivity index (χ4v) is 4.33. The van der Waals surface area contributed by atoms with Gasteiger partial charge in [-0.05, 0) is 31.2 Å². The molecular formula is C15H18I2O4S2. The summed E-state index contributed by atoms with van der Waals surface area (Å²) in [6, 6.07) is 7.22. The third-order valence-corrected chi connectivity index (χ3v) is 6.48.